The summed E-state index contributed by atoms with van der Waals surface area (Å²) in [5.41, 5.74) is -1.75. The van der Waals surface area contributed by atoms with E-state index in [1.807, 2.05) is 20.8 Å². The highest BCUT2D eigenvalue weighted by molar-refractivity contribution is 5.21. The quantitative estimate of drug-likeness (QED) is 0.0477. The summed E-state index contributed by atoms with van der Waals surface area (Å²) in [4.78, 5) is 0. The Balaban J connectivity index is 0.935. The van der Waals surface area contributed by atoms with E-state index in [2.05, 4.69) is 40.7 Å². The second-order valence-corrected chi connectivity index (χ2v) is 27.6. The Morgan fingerprint density at radius 3 is 1.63 bits per heavy atom. The van der Waals surface area contributed by atoms with Crippen molar-refractivity contribution < 1.29 is 129 Å². The van der Waals surface area contributed by atoms with Crippen molar-refractivity contribution in [2.75, 3.05) is 33.0 Å². The second-order valence-electron chi connectivity index (χ2n) is 27.6. The van der Waals surface area contributed by atoms with Crippen LogP contribution < -0.4 is 0 Å². The van der Waals surface area contributed by atoms with Gasteiger partial charge in [-0.05, 0) is 124 Å². The molecule has 486 valence electrons. The summed E-state index contributed by atoms with van der Waals surface area (Å²) in [7, 11) is 0. The SMILES string of the molecule is CC(C)=CCCC(C)(OC1OC(COC2OC(CO)C(O)C2O)C(O)C(O)C1O)C1CCC2(C)C1C(O)CC1C3(C)CCC(OC4OC(CO)C(O)C(O)C4OC4OC(CO)C(O)C(O)C4OC4OCC(O)C(O)C4O)C(C)(C)C3CCC12C. The highest BCUT2D eigenvalue weighted by Gasteiger charge is 2.72. The first kappa shape index (κ1) is 67.1. The molecular weight excluding hydrogens is 1110 g/mol. The first-order valence-electron chi connectivity index (χ1n) is 30.2. The van der Waals surface area contributed by atoms with Crippen molar-refractivity contribution in [2.24, 2.45) is 45.3 Å². The average Bonchev–Trinajstić information content (AvgIpc) is 1.31. The van der Waals surface area contributed by atoms with Gasteiger partial charge in [0.05, 0.1) is 50.8 Å². The van der Waals surface area contributed by atoms with Crippen LogP contribution in [0.5, 0.6) is 0 Å². The molecule has 5 heterocycles. The van der Waals surface area contributed by atoms with E-state index in [1.54, 1.807) is 0 Å². The zero-order valence-corrected chi connectivity index (χ0v) is 49.5. The molecule has 26 nitrogen and oxygen atoms in total. The molecule has 0 amide bonds. The highest BCUT2D eigenvalue weighted by Crippen LogP contribution is 2.76. The molecule has 84 heavy (non-hydrogen) atoms. The smallest absolute Gasteiger partial charge is 0.187 e. The molecule has 9 aliphatic rings. The van der Waals surface area contributed by atoms with E-state index >= 15 is 0 Å². The molecule has 0 aromatic heterocycles. The summed E-state index contributed by atoms with van der Waals surface area (Å²) in [5, 5.41) is 174. The Hall–Kier alpha value is -1.30. The molecule has 4 saturated carbocycles. The lowest BCUT2D eigenvalue weighted by Gasteiger charge is -2.71. The van der Waals surface area contributed by atoms with Crippen LogP contribution in [0, 0.1) is 45.3 Å². The number of aliphatic hydroxyl groups is 16. The number of rotatable bonds is 18. The molecule has 33 atom stereocenters. The first-order valence-corrected chi connectivity index (χ1v) is 30.2. The molecule has 0 spiro atoms. The predicted molar refractivity (Wildman–Crippen MR) is 287 cm³/mol. The third kappa shape index (κ3) is 11.9. The van der Waals surface area contributed by atoms with Gasteiger partial charge in [0.1, 0.15) is 110 Å². The first-order chi connectivity index (χ1) is 39.4. The van der Waals surface area contributed by atoms with Crippen molar-refractivity contribution in [3.8, 4) is 0 Å². The zero-order valence-electron chi connectivity index (χ0n) is 49.5. The van der Waals surface area contributed by atoms with Crippen LogP contribution in [0.25, 0.3) is 0 Å². The maximum Gasteiger partial charge on any atom is 0.187 e. The average molecular weight is 1210 g/mol. The second kappa shape index (κ2) is 25.8. The van der Waals surface area contributed by atoms with Crippen molar-refractivity contribution in [2.45, 2.75) is 272 Å². The maximum atomic E-state index is 12.9. The van der Waals surface area contributed by atoms with Crippen LogP contribution >= 0.6 is 0 Å². The Kier molecular flexibility index (Phi) is 20.6. The minimum absolute atomic E-state index is 0.00396. The third-order valence-corrected chi connectivity index (χ3v) is 22.3. The topological polar surface area (TPSA) is 416 Å². The number of aliphatic hydroxyl groups excluding tert-OH is 16. The fourth-order valence-electron chi connectivity index (χ4n) is 17.2. The number of ether oxygens (including phenoxy) is 10. The number of hydrogen-bond acceptors (Lipinski definition) is 26. The van der Waals surface area contributed by atoms with E-state index in [9.17, 15) is 81.7 Å². The Bertz CT molecular complexity index is 2210. The van der Waals surface area contributed by atoms with Crippen LogP contribution in [0.2, 0.25) is 0 Å². The van der Waals surface area contributed by atoms with E-state index in [-0.39, 0.29) is 34.5 Å². The van der Waals surface area contributed by atoms with E-state index in [4.69, 9.17) is 47.4 Å². The Morgan fingerprint density at radius 1 is 0.524 bits per heavy atom. The molecule has 33 unspecified atom stereocenters. The molecule has 0 aromatic carbocycles. The standard InChI is InChI=1S/C58H98O26/c1-24(2)10-9-14-58(8,84-51-46(74)41(69)40(68)31(80-51)23-76-49-45(73)39(67)30(21-61)77-49)25-11-16-57(7)35(25)26(62)18-33-55(5)15-13-34(54(3,4)32(55)12-17-56(33,57)6)81-52-47(42(70)37(65)28(19-59)78-52)83-53-48(43(71)38(66)29(20-60)79-53)82-50-44(72)36(64)27(63)22-75-50/h10,25-53,59-74H,9,11-23H2,1-8H3. The van der Waals surface area contributed by atoms with Gasteiger partial charge in [-0.2, -0.15) is 0 Å². The number of hydrogen-bond donors (Lipinski definition) is 16. The fraction of sp³-hybridized carbons (Fsp3) is 0.966. The molecule has 5 saturated heterocycles. The summed E-state index contributed by atoms with van der Waals surface area (Å²) in [6.45, 7) is 14.1. The summed E-state index contributed by atoms with van der Waals surface area (Å²) in [6, 6.07) is 0. The molecule has 9 rings (SSSR count). The van der Waals surface area contributed by atoms with Crippen LogP contribution in [0.1, 0.15) is 113 Å². The predicted octanol–water partition coefficient (Wildman–Crippen LogP) is -3.10. The van der Waals surface area contributed by atoms with Gasteiger partial charge in [0, 0.05) is 0 Å². The third-order valence-electron chi connectivity index (χ3n) is 22.3. The van der Waals surface area contributed by atoms with Gasteiger partial charge in [-0.15, -0.1) is 0 Å². The lowest BCUT2D eigenvalue weighted by atomic mass is 9.35. The summed E-state index contributed by atoms with van der Waals surface area (Å²) in [6.07, 6.45) is -30.4. The van der Waals surface area contributed by atoms with Crippen molar-refractivity contribution in [3.63, 3.8) is 0 Å². The van der Waals surface area contributed by atoms with Crippen molar-refractivity contribution in [3.05, 3.63) is 11.6 Å². The van der Waals surface area contributed by atoms with E-state index in [0.29, 0.717) is 38.5 Å². The van der Waals surface area contributed by atoms with Gasteiger partial charge < -0.3 is 129 Å². The molecule has 16 N–H and O–H groups in total. The molecule has 0 bridgehead atoms. The van der Waals surface area contributed by atoms with Gasteiger partial charge >= 0.3 is 0 Å². The molecule has 0 radical (unpaired) electrons. The number of fused-ring (bicyclic) bond motifs is 5. The minimum atomic E-state index is -1.88. The molecular formula is C58H98O26. The Morgan fingerprint density at radius 2 is 1.04 bits per heavy atom. The lowest BCUT2D eigenvalue weighted by Crippen LogP contribution is -2.68. The molecule has 0 aromatic rings. The van der Waals surface area contributed by atoms with Gasteiger partial charge in [-0.25, -0.2) is 0 Å². The largest absolute Gasteiger partial charge is 0.394 e. The summed E-state index contributed by atoms with van der Waals surface area (Å²) < 4.78 is 61.0. The van der Waals surface area contributed by atoms with Crippen LogP contribution in [0.4, 0.5) is 0 Å². The molecule has 5 aliphatic heterocycles. The highest BCUT2D eigenvalue weighted by atomic mass is 16.8. The fourth-order valence-corrected chi connectivity index (χ4v) is 17.2. The van der Waals surface area contributed by atoms with Gasteiger partial charge in [-0.3, -0.25) is 0 Å². The molecule has 4 aliphatic carbocycles. The van der Waals surface area contributed by atoms with Crippen LogP contribution in [0.3, 0.4) is 0 Å². The van der Waals surface area contributed by atoms with Gasteiger partial charge in [0.2, 0.25) is 0 Å². The van der Waals surface area contributed by atoms with E-state index < -0.39 is 203 Å². The molecule has 9 fully saturated rings. The zero-order chi connectivity index (χ0) is 61.5. The van der Waals surface area contributed by atoms with Crippen LogP contribution in [-0.2, 0) is 47.4 Å². The summed E-state index contributed by atoms with van der Waals surface area (Å²) in [5.74, 6) is -0.575. The van der Waals surface area contributed by atoms with Crippen molar-refractivity contribution in [1.29, 1.82) is 0 Å². The Labute approximate surface area is 490 Å². The van der Waals surface area contributed by atoms with Crippen LogP contribution in [0.15, 0.2) is 11.6 Å². The van der Waals surface area contributed by atoms with E-state index in [0.717, 1.165) is 24.8 Å². The van der Waals surface area contributed by atoms with Gasteiger partial charge in [0.25, 0.3) is 0 Å². The maximum absolute atomic E-state index is 12.9. The summed E-state index contributed by atoms with van der Waals surface area (Å²) >= 11 is 0. The van der Waals surface area contributed by atoms with Gasteiger partial charge in [0.15, 0.2) is 31.5 Å². The van der Waals surface area contributed by atoms with Gasteiger partial charge in [-0.1, -0.05) is 46.3 Å². The monoisotopic (exact) mass is 1210 g/mol. The number of allylic oxidation sites excluding steroid dienone is 2. The minimum Gasteiger partial charge on any atom is -0.394 e. The molecule has 26 heteroatoms. The normalized spacial score (nSPS) is 52.9. The van der Waals surface area contributed by atoms with Crippen LogP contribution in [-0.4, -0.2) is 274 Å². The van der Waals surface area contributed by atoms with E-state index in [1.165, 1.54) is 0 Å². The van der Waals surface area contributed by atoms with Crippen molar-refractivity contribution >= 4 is 0 Å². The van der Waals surface area contributed by atoms with Crippen molar-refractivity contribution in [1.82, 2.24) is 0 Å². The lowest BCUT2D eigenvalue weighted by molar-refractivity contribution is -0.395.